The van der Waals surface area contributed by atoms with Crippen LogP contribution in [-0.2, 0) is 15.8 Å². The van der Waals surface area contributed by atoms with Crippen LogP contribution < -0.4 is 9.46 Å². The van der Waals surface area contributed by atoms with Crippen LogP contribution in [0.25, 0.3) is 0 Å². The van der Waals surface area contributed by atoms with Crippen LogP contribution in [0.3, 0.4) is 0 Å². The van der Waals surface area contributed by atoms with Gasteiger partial charge in [0.15, 0.2) is 5.82 Å². The van der Waals surface area contributed by atoms with E-state index in [1.54, 1.807) is 31.2 Å². The van der Waals surface area contributed by atoms with E-state index in [0.717, 1.165) is 0 Å². The van der Waals surface area contributed by atoms with Crippen LogP contribution in [0.2, 0.25) is 0 Å². The second-order valence-electron chi connectivity index (χ2n) is 4.04. The fourth-order valence-corrected chi connectivity index (χ4v) is 2.70. The number of rotatable bonds is 5. The summed E-state index contributed by atoms with van der Waals surface area (Å²) in [5, 5.41) is 3.59. The minimum atomic E-state index is -3.53. The molecule has 2 aromatic rings. The molecule has 0 fully saturated rings. The molecule has 1 aromatic heterocycles. The standard InChI is InChI=1S/C12H14N2O4S/c1-9-6-12(13-18-9)14-19(15,16)8-10-4-3-5-11(7-10)17-2/h3-7H,8H2,1-2H3,(H,13,14). The molecule has 0 spiro atoms. The molecule has 0 atom stereocenters. The van der Waals surface area contributed by atoms with E-state index in [-0.39, 0.29) is 11.6 Å². The van der Waals surface area contributed by atoms with E-state index in [2.05, 4.69) is 9.88 Å². The van der Waals surface area contributed by atoms with Gasteiger partial charge in [0.05, 0.1) is 12.9 Å². The number of methoxy groups -OCH3 is 1. The largest absolute Gasteiger partial charge is 0.497 e. The predicted molar refractivity (Wildman–Crippen MR) is 70.5 cm³/mol. The fraction of sp³-hybridized carbons (Fsp3) is 0.250. The summed E-state index contributed by atoms with van der Waals surface area (Å²) < 4.78 is 36.1. The molecule has 102 valence electrons. The van der Waals surface area contributed by atoms with Gasteiger partial charge in [0.2, 0.25) is 10.0 Å². The molecule has 0 saturated carbocycles. The molecule has 1 aromatic carbocycles. The zero-order valence-corrected chi connectivity index (χ0v) is 11.4. The summed E-state index contributed by atoms with van der Waals surface area (Å²) >= 11 is 0. The maximum atomic E-state index is 11.9. The van der Waals surface area contributed by atoms with Gasteiger partial charge in [0, 0.05) is 6.07 Å². The molecule has 6 nitrogen and oxygen atoms in total. The van der Waals surface area contributed by atoms with Crippen LogP contribution in [0.15, 0.2) is 34.9 Å². The molecule has 0 unspecified atom stereocenters. The van der Waals surface area contributed by atoms with Crippen molar-refractivity contribution in [3.63, 3.8) is 0 Å². The van der Waals surface area contributed by atoms with E-state index in [1.165, 1.54) is 13.2 Å². The number of aryl methyl sites for hydroxylation is 1. The second kappa shape index (κ2) is 5.31. The number of anilines is 1. The first-order valence-electron chi connectivity index (χ1n) is 5.55. The smallest absolute Gasteiger partial charge is 0.238 e. The molecule has 0 bridgehead atoms. The lowest BCUT2D eigenvalue weighted by molar-refractivity contribution is 0.400. The van der Waals surface area contributed by atoms with E-state index in [0.29, 0.717) is 17.1 Å². The van der Waals surface area contributed by atoms with Gasteiger partial charge >= 0.3 is 0 Å². The fourth-order valence-electron chi connectivity index (χ4n) is 1.59. The molecule has 19 heavy (non-hydrogen) atoms. The van der Waals surface area contributed by atoms with Gasteiger partial charge in [-0.25, -0.2) is 8.42 Å². The van der Waals surface area contributed by atoms with Crippen LogP contribution in [0.1, 0.15) is 11.3 Å². The van der Waals surface area contributed by atoms with Crippen LogP contribution in [0.5, 0.6) is 5.75 Å². The molecule has 0 aliphatic carbocycles. The van der Waals surface area contributed by atoms with E-state index in [4.69, 9.17) is 9.26 Å². The number of sulfonamides is 1. The Morgan fingerprint density at radius 1 is 1.37 bits per heavy atom. The summed E-state index contributed by atoms with van der Waals surface area (Å²) in [5.74, 6) is 1.18. The normalized spacial score (nSPS) is 11.3. The summed E-state index contributed by atoms with van der Waals surface area (Å²) in [5.41, 5.74) is 0.632. The minimum absolute atomic E-state index is 0.157. The lowest BCUT2D eigenvalue weighted by Gasteiger charge is -2.06. The van der Waals surface area contributed by atoms with Crippen LogP contribution in [0, 0.1) is 6.92 Å². The summed E-state index contributed by atoms with van der Waals surface area (Å²) in [6.07, 6.45) is 0. The third kappa shape index (κ3) is 3.72. The Hall–Kier alpha value is -2.02. The monoisotopic (exact) mass is 282 g/mol. The first-order chi connectivity index (χ1) is 8.98. The number of nitrogens with zero attached hydrogens (tertiary/aromatic N) is 1. The Balaban J connectivity index is 2.12. The first kappa shape index (κ1) is 13.4. The zero-order chi connectivity index (χ0) is 13.9. The van der Waals surface area contributed by atoms with Crippen molar-refractivity contribution in [3.05, 3.63) is 41.7 Å². The average molecular weight is 282 g/mol. The van der Waals surface area contributed by atoms with Crippen molar-refractivity contribution in [2.24, 2.45) is 0 Å². The number of hydrogen-bond donors (Lipinski definition) is 1. The Morgan fingerprint density at radius 3 is 2.79 bits per heavy atom. The van der Waals surface area contributed by atoms with Crippen molar-refractivity contribution < 1.29 is 17.7 Å². The predicted octanol–water partition coefficient (Wildman–Crippen LogP) is 1.93. The Morgan fingerprint density at radius 2 is 2.16 bits per heavy atom. The third-order valence-corrected chi connectivity index (χ3v) is 3.61. The molecule has 0 aliphatic rings. The summed E-state index contributed by atoms with van der Waals surface area (Å²) in [6, 6.07) is 8.40. The quantitative estimate of drug-likeness (QED) is 0.906. The molecule has 1 N–H and O–H groups in total. The van der Waals surface area contributed by atoms with Gasteiger partial charge in [-0.3, -0.25) is 4.72 Å². The Labute approximate surface area is 111 Å². The number of aromatic nitrogens is 1. The van der Waals surface area contributed by atoms with Gasteiger partial charge in [-0.1, -0.05) is 17.3 Å². The average Bonchev–Trinajstić information content (AvgIpc) is 2.73. The maximum absolute atomic E-state index is 11.9. The topological polar surface area (TPSA) is 81.4 Å². The number of benzene rings is 1. The molecule has 0 aliphatic heterocycles. The van der Waals surface area contributed by atoms with E-state index < -0.39 is 10.0 Å². The van der Waals surface area contributed by atoms with Gasteiger partial charge < -0.3 is 9.26 Å². The van der Waals surface area contributed by atoms with E-state index in [1.807, 2.05) is 0 Å². The Bertz CT molecular complexity index is 664. The molecule has 1 heterocycles. The number of nitrogens with one attached hydrogen (secondary N) is 1. The highest BCUT2D eigenvalue weighted by atomic mass is 32.2. The Kier molecular flexibility index (Phi) is 3.75. The summed E-state index contributed by atoms with van der Waals surface area (Å²) in [4.78, 5) is 0. The second-order valence-corrected chi connectivity index (χ2v) is 5.76. The first-order valence-corrected chi connectivity index (χ1v) is 7.20. The van der Waals surface area contributed by atoms with Gasteiger partial charge in [0.25, 0.3) is 0 Å². The van der Waals surface area contributed by atoms with Crippen molar-refractivity contribution in [3.8, 4) is 5.75 Å². The lowest BCUT2D eigenvalue weighted by Crippen LogP contribution is -2.15. The van der Waals surface area contributed by atoms with Crippen molar-refractivity contribution in [1.29, 1.82) is 0 Å². The number of hydrogen-bond acceptors (Lipinski definition) is 5. The molecular formula is C12H14N2O4S. The van der Waals surface area contributed by atoms with Crippen LogP contribution in [-0.4, -0.2) is 20.7 Å². The van der Waals surface area contributed by atoms with Crippen molar-refractivity contribution >= 4 is 15.8 Å². The molecule has 0 radical (unpaired) electrons. The van der Waals surface area contributed by atoms with Gasteiger partial charge in [-0.2, -0.15) is 0 Å². The minimum Gasteiger partial charge on any atom is -0.497 e. The highest BCUT2D eigenvalue weighted by Crippen LogP contribution is 2.16. The molecule has 2 rings (SSSR count). The third-order valence-electron chi connectivity index (χ3n) is 2.38. The zero-order valence-electron chi connectivity index (χ0n) is 10.6. The van der Waals surface area contributed by atoms with Crippen molar-refractivity contribution in [1.82, 2.24) is 5.16 Å². The van der Waals surface area contributed by atoms with Crippen LogP contribution >= 0.6 is 0 Å². The van der Waals surface area contributed by atoms with E-state index in [9.17, 15) is 8.42 Å². The van der Waals surface area contributed by atoms with Crippen molar-refractivity contribution in [2.75, 3.05) is 11.8 Å². The highest BCUT2D eigenvalue weighted by Gasteiger charge is 2.14. The molecule has 0 amide bonds. The van der Waals surface area contributed by atoms with Crippen LogP contribution in [0.4, 0.5) is 5.82 Å². The molecular weight excluding hydrogens is 268 g/mol. The highest BCUT2D eigenvalue weighted by molar-refractivity contribution is 7.91. The van der Waals surface area contributed by atoms with Gasteiger partial charge in [-0.05, 0) is 24.6 Å². The lowest BCUT2D eigenvalue weighted by atomic mass is 10.2. The van der Waals surface area contributed by atoms with E-state index >= 15 is 0 Å². The van der Waals surface area contributed by atoms with Crippen molar-refractivity contribution in [2.45, 2.75) is 12.7 Å². The van der Waals surface area contributed by atoms with Gasteiger partial charge in [0.1, 0.15) is 11.5 Å². The molecule has 7 heteroatoms. The number of ether oxygens (including phenoxy) is 1. The molecule has 0 saturated heterocycles. The van der Waals surface area contributed by atoms with Gasteiger partial charge in [-0.15, -0.1) is 0 Å². The summed E-state index contributed by atoms with van der Waals surface area (Å²) in [6.45, 7) is 1.69. The maximum Gasteiger partial charge on any atom is 0.238 e. The summed E-state index contributed by atoms with van der Waals surface area (Å²) in [7, 11) is -2.00. The SMILES string of the molecule is COc1cccc(CS(=O)(=O)Nc2cc(C)on2)c1.